The molecule has 0 bridgehead atoms. The van der Waals surface area contributed by atoms with E-state index in [1.807, 2.05) is 11.0 Å². The molecule has 0 amide bonds. The molecule has 1 unspecified atom stereocenters. The van der Waals surface area contributed by atoms with Crippen molar-refractivity contribution in [1.29, 1.82) is 5.26 Å². The highest BCUT2D eigenvalue weighted by Gasteiger charge is 2.25. The third-order valence-electron chi connectivity index (χ3n) is 3.79. The van der Waals surface area contributed by atoms with Gasteiger partial charge in [-0.15, -0.1) is 10.2 Å². The van der Waals surface area contributed by atoms with Crippen LogP contribution in [0, 0.1) is 11.3 Å². The van der Waals surface area contributed by atoms with Gasteiger partial charge < -0.3 is 14.6 Å². The van der Waals surface area contributed by atoms with Gasteiger partial charge in [-0.3, -0.25) is 9.78 Å². The molecule has 3 heterocycles. The maximum absolute atomic E-state index is 11.9. The Labute approximate surface area is 130 Å². The Morgan fingerprint density at radius 3 is 2.91 bits per heavy atom. The molecular formula is C14H14N6O3. The quantitative estimate of drug-likeness (QED) is 0.790. The normalized spacial score (nSPS) is 17.2. The number of methoxy groups -OCH3 is 1. The minimum absolute atomic E-state index is 0.0923. The first-order chi connectivity index (χ1) is 11.1. The van der Waals surface area contributed by atoms with Crippen LogP contribution in [0.3, 0.4) is 0 Å². The summed E-state index contributed by atoms with van der Waals surface area (Å²) in [5, 5.41) is 17.0. The van der Waals surface area contributed by atoms with Crippen molar-refractivity contribution in [3.63, 3.8) is 0 Å². The highest BCUT2D eigenvalue weighted by Crippen LogP contribution is 2.26. The molecule has 2 aromatic rings. The van der Waals surface area contributed by atoms with Crippen molar-refractivity contribution in [3.05, 3.63) is 38.8 Å². The number of nitriles is 1. The fourth-order valence-electron chi connectivity index (χ4n) is 2.57. The van der Waals surface area contributed by atoms with E-state index in [9.17, 15) is 14.9 Å². The summed E-state index contributed by atoms with van der Waals surface area (Å²) >= 11 is 0. The summed E-state index contributed by atoms with van der Waals surface area (Å²) in [7, 11) is 1.65. The van der Waals surface area contributed by atoms with E-state index in [1.54, 1.807) is 13.2 Å². The second kappa shape index (κ2) is 6.02. The fraction of sp³-hybridized carbons (Fsp3) is 0.357. The molecule has 2 aromatic heterocycles. The van der Waals surface area contributed by atoms with E-state index in [0.29, 0.717) is 12.2 Å². The van der Waals surface area contributed by atoms with Gasteiger partial charge in [-0.1, -0.05) is 0 Å². The third-order valence-corrected chi connectivity index (χ3v) is 3.79. The number of aromatic amines is 2. The van der Waals surface area contributed by atoms with Crippen molar-refractivity contribution >= 4 is 5.69 Å². The Morgan fingerprint density at radius 2 is 2.26 bits per heavy atom. The van der Waals surface area contributed by atoms with Crippen molar-refractivity contribution in [2.24, 2.45) is 0 Å². The molecule has 1 atom stereocenters. The van der Waals surface area contributed by atoms with Gasteiger partial charge in [0.05, 0.1) is 17.4 Å². The molecule has 23 heavy (non-hydrogen) atoms. The maximum Gasteiger partial charge on any atom is 0.325 e. The minimum Gasteiger partial charge on any atom is -0.380 e. The second-order valence-corrected chi connectivity index (χ2v) is 5.15. The molecule has 9 heteroatoms. The summed E-state index contributed by atoms with van der Waals surface area (Å²) < 4.78 is 5.33. The van der Waals surface area contributed by atoms with Crippen molar-refractivity contribution < 1.29 is 4.74 Å². The van der Waals surface area contributed by atoms with Crippen LogP contribution < -0.4 is 16.1 Å². The first-order valence-electron chi connectivity index (χ1n) is 7.00. The van der Waals surface area contributed by atoms with Gasteiger partial charge in [-0.2, -0.15) is 5.26 Å². The lowest BCUT2D eigenvalue weighted by molar-refractivity contribution is 0.121. The number of nitrogens with zero attached hydrogens (tertiary/aromatic N) is 4. The largest absolute Gasteiger partial charge is 0.380 e. The molecule has 1 aliphatic heterocycles. The molecule has 1 saturated heterocycles. The van der Waals surface area contributed by atoms with E-state index >= 15 is 0 Å². The van der Waals surface area contributed by atoms with E-state index in [2.05, 4.69) is 20.2 Å². The molecule has 9 nitrogen and oxygen atoms in total. The van der Waals surface area contributed by atoms with Gasteiger partial charge in [-0.05, 0) is 12.5 Å². The van der Waals surface area contributed by atoms with Crippen molar-refractivity contribution in [1.82, 2.24) is 20.2 Å². The number of aromatic nitrogens is 4. The van der Waals surface area contributed by atoms with Gasteiger partial charge in [-0.25, -0.2) is 4.79 Å². The van der Waals surface area contributed by atoms with E-state index in [4.69, 9.17) is 4.74 Å². The molecule has 0 radical (unpaired) electrons. The third kappa shape index (κ3) is 2.84. The Bertz CT molecular complexity index is 881. The lowest BCUT2D eigenvalue weighted by Gasteiger charge is -2.19. The monoisotopic (exact) mass is 314 g/mol. The molecule has 0 aromatic carbocycles. The molecule has 0 aliphatic carbocycles. The lowest BCUT2D eigenvalue weighted by Crippen LogP contribution is -2.25. The number of ether oxygens (including phenoxy) is 1. The standard InChI is InChI=1S/C14H14N6O3/c1-23-8-2-3-20(7-8)12-4-10(18-19-11(12)5-15)9-6-16-14(22)17-13(9)21/h4,6,8H,2-3,7H2,1H3,(H2,16,17,21,22). The smallest absolute Gasteiger partial charge is 0.325 e. The van der Waals surface area contributed by atoms with Crippen molar-refractivity contribution in [3.8, 4) is 17.3 Å². The van der Waals surface area contributed by atoms with Crippen LogP contribution in [-0.2, 0) is 4.74 Å². The van der Waals surface area contributed by atoms with Gasteiger partial charge >= 0.3 is 5.69 Å². The van der Waals surface area contributed by atoms with Gasteiger partial charge in [0.1, 0.15) is 11.8 Å². The van der Waals surface area contributed by atoms with Crippen LogP contribution in [0.2, 0.25) is 0 Å². The molecule has 1 fully saturated rings. The van der Waals surface area contributed by atoms with Crippen LogP contribution in [0.4, 0.5) is 5.69 Å². The minimum atomic E-state index is -0.594. The first kappa shape index (κ1) is 14.9. The summed E-state index contributed by atoms with van der Waals surface area (Å²) in [4.78, 5) is 29.5. The average molecular weight is 314 g/mol. The topological polar surface area (TPSA) is 128 Å². The summed E-state index contributed by atoms with van der Waals surface area (Å²) in [5.41, 5.74) is 0.106. The summed E-state index contributed by atoms with van der Waals surface area (Å²) in [5.74, 6) is 0. The van der Waals surface area contributed by atoms with Crippen LogP contribution >= 0.6 is 0 Å². The van der Waals surface area contributed by atoms with Crippen LogP contribution in [0.15, 0.2) is 21.9 Å². The predicted octanol–water partition coefficient (Wildman–Crippen LogP) is -0.383. The zero-order valence-corrected chi connectivity index (χ0v) is 12.4. The second-order valence-electron chi connectivity index (χ2n) is 5.15. The molecule has 0 spiro atoms. The molecule has 1 aliphatic rings. The van der Waals surface area contributed by atoms with Gasteiger partial charge in [0.25, 0.3) is 5.56 Å². The lowest BCUT2D eigenvalue weighted by atomic mass is 10.2. The van der Waals surface area contributed by atoms with Gasteiger partial charge in [0.15, 0.2) is 5.69 Å². The number of hydrogen-bond acceptors (Lipinski definition) is 7. The van der Waals surface area contributed by atoms with Crippen molar-refractivity contribution in [2.75, 3.05) is 25.1 Å². The van der Waals surface area contributed by atoms with E-state index in [1.165, 1.54) is 6.20 Å². The molecule has 2 N–H and O–H groups in total. The van der Waals surface area contributed by atoms with Crippen LogP contribution in [0.5, 0.6) is 0 Å². The van der Waals surface area contributed by atoms with E-state index in [-0.39, 0.29) is 23.1 Å². The Balaban J connectivity index is 2.05. The zero-order chi connectivity index (χ0) is 16.4. The number of anilines is 1. The van der Waals surface area contributed by atoms with Gasteiger partial charge in [0, 0.05) is 26.4 Å². The Morgan fingerprint density at radius 1 is 1.43 bits per heavy atom. The van der Waals surface area contributed by atoms with E-state index < -0.39 is 11.2 Å². The van der Waals surface area contributed by atoms with Crippen LogP contribution in [-0.4, -0.2) is 46.5 Å². The predicted molar refractivity (Wildman–Crippen MR) is 81.1 cm³/mol. The number of H-pyrrole nitrogens is 2. The molecule has 0 saturated carbocycles. The van der Waals surface area contributed by atoms with Crippen LogP contribution in [0.1, 0.15) is 12.1 Å². The summed E-state index contributed by atoms with van der Waals surface area (Å²) in [6.07, 6.45) is 2.22. The highest BCUT2D eigenvalue weighted by atomic mass is 16.5. The number of nitrogens with one attached hydrogen (secondary N) is 2. The van der Waals surface area contributed by atoms with Crippen LogP contribution in [0.25, 0.3) is 11.3 Å². The molecule has 118 valence electrons. The summed E-state index contributed by atoms with van der Waals surface area (Å²) in [6, 6.07) is 3.64. The van der Waals surface area contributed by atoms with Gasteiger partial charge in [0.2, 0.25) is 0 Å². The van der Waals surface area contributed by atoms with E-state index in [0.717, 1.165) is 13.0 Å². The SMILES string of the molecule is COC1CCN(c2cc(-c3c[nH]c(=O)[nH]c3=O)nnc2C#N)C1. The average Bonchev–Trinajstić information content (AvgIpc) is 3.03. The zero-order valence-electron chi connectivity index (χ0n) is 12.4. The number of rotatable bonds is 3. The van der Waals surface area contributed by atoms with Crippen molar-refractivity contribution in [2.45, 2.75) is 12.5 Å². The fourth-order valence-corrected chi connectivity index (χ4v) is 2.57. The number of hydrogen-bond donors (Lipinski definition) is 2. The maximum atomic E-state index is 11.9. The summed E-state index contributed by atoms with van der Waals surface area (Å²) in [6.45, 7) is 1.36. The Hall–Kier alpha value is -2.99. The Kier molecular flexibility index (Phi) is 3.91. The molecular weight excluding hydrogens is 300 g/mol. The highest BCUT2D eigenvalue weighted by molar-refractivity contribution is 5.66. The molecule has 3 rings (SSSR count). The first-order valence-corrected chi connectivity index (χ1v) is 7.00.